The maximum Gasteiger partial charge on any atom is 0.0629 e. The van der Waals surface area contributed by atoms with E-state index in [4.69, 9.17) is 9.60 Å². The molecule has 0 amide bonds. The Hall–Kier alpha value is -2.04. The van der Waals surface area contributed by atoms with E-state index in [0.717, 1.165) is 0 Å². The fraction of sp³-hybridized carbons (Fsp3) is 0.300. The fourth-order valence-electron chi connectivity index (χ4n) is 1.65. The molecule has 2 aromatic rings. The predicted octanol–water partition coefficient (Wildman–Crippen LogP) is 4.54. The van der Waals surface area contributed by atoms with Gasteiger partial charge in [0, 0.05) is 18.5 Å². The van der Waals surface area contributed by atoms with Crippen LogP contribution in [0.15, 0.2) is 54.4 Å². The van der Waals surface area contributed by atoms with Crippen molar-refractivity contribution < 1.29 is 9.60 Å². The van der Waals surface area contributed by atoms with E-state index in [2.05, 4.69) is 17.2 Å². The standard InChI is InChI=1S/C20H23N/c1-20(2,3)14-7-4-8-15-21-16-18-12-9-11-17-10-5-6-13-19(17)18/h4-6,8-13,21H,15-16H2,1-3H3/b8-4+/i5D,6D,9D,10D,11D,12D,13D. The fourth-order valence-corrected chi connectivity index (χ4v) is 1.65. The van der Waals surface area contributed by atoms with E-state index in [1.165, 1.54) is 0 Å². The first kappa shape index (κ1) is 8.41. The van der Waals surface area contributed by atoms with Gasteiger partial charge in [-0.15, -0.1) is 0 Å². The molecule has 0 radical (unpaired) electrons. The summed E-state index contributed by atoms with van der Waals surface area (Å²) in [5, 5.41) is 3.20. The van der Waals surface area contributed by atoms with Crippen LogP contribution in [-0.4, -0.2) is 6.54 Å². The zero-order valence-corrected chi connectivity index (χ0v) is 12.6. The Balaban J connectivity index is 2.39. The second-order valence-electron chi connectivity index (χ2n) is 5.66. The zero-order valence-electron chi connectivity index (χ0n) is 19.6. The highest BCUT2D eigenvalue weighted by atomic mass is 14.8. The average Bonchev–Trinajstić information content (AvgIpc) is 2.62. The summed E-state index contributed by atoms with van der Waals surface area (Å²) < 4.78 is 56.2. The van der Waals surface area contributed by atoms with Gasteiger partial charge in [-0.05, 0) is 43.2 Å². The lowest BCUT2D eigenvalue weighted by Crippen LogP contribution is -2.12. The third kappa shape index (κ3) is 5.10. The van der Waals surface area contributed by atoms with Gasteiger partial charge in [-0.25, -0.2) is 0 Å². The summed E-state index contributed by atoms with van der Waals surface area (Å²) in [6, 6.07) is -2.40. The number of allylic oxidation sites excluding steroid dienone is 1. The third-order valence-electron chi connectivity index (χ3n) is 2.60. The van der Waals surface area contributed by atoms with Crippen LogP contribution in [0.5, 0.6) is 0 Å². The molecule has 0 spiro atoms. The lowest BCUT2D eigenvalue weighted by atomic mass is 9.98. The maximum absolute atomic E-state index is 8.18. The van der Waals surface area contributed by atoms with Gasteiger partial charge in [-0.1, -0.05) is 60.2 Å². The van der Waals surface area contributed by atoms with E-state index in [1.54, 1.807) is 6.08 Å². The highest BCUT2D eigenvalue weighted by Crippen LogP contribution is 2.18. The number of nitrogens with one attached hydrogen (secondary N) is 1. The quantitative estimate of drug-likeness (QED) is 0.642. The first-order chi connectivity index (χ1) is 13.0. The minimum absolute atomic E-state index is 0.0182. The molecule has 0 aliphatic carbocycles. The maximum atomic E-state index is 8.18. The molecule has 0 aliphatic rings. The van der Waals surface area contributed by atoms with E-state index >= 15 is 0 Å². The summed E-state index contributed by atoms with van der Waals surface area (Å²) in [5.41, 5.74) is 0.208. The third-order valence-corrected chi connectivity index (χ3v) is 2.60. The molecule has 0 unspecified atom stereocenters. The normalized spacial score (nSPS) is 16.2. The van der Waals surface area contributed by atoms with Crippen LogP contribution in [0.3, 0.4) is 0 Å². The van der Waals surface area contributed by atoms with Gasteiger partial charge in [0.15, 0.2) is 0 Å². The summed E-state index contributed by atoms with van der Waals surface area (Å²) in [6.45, 7) is 6.64. The Bertz CT molecular complexity index is 1000. The lowest BCUT2D eigenvalue weighted by molar-refractivity contribution is 0.571. The molecular weight excluding hydrogens is 254 g/mol. The minimum Gasteiger partial charge on any atom is -0.309 e. The van der Waals surface area contributed by atoms with Gasteiger partial charge in [-0.2, -0.15) is 0 Å². The van der Waals surface area contributed by atoms with E-state index in [9.17, 15) is 0 Å². The molecule has 1 heteroatoms. The van der Waals surface area contributed by atoms with Crippen LogP contribution in [0.2, 0.25) is 0 Å². The second-order valence-corrected chi connectivity index (χ2v) is 5.66. The van der Waals surface area contributed by atoms with Gasteiger partial charge in [0.2, 0.25) is 0 Å². The molecular formula is C20H23N. The highest BCUT2D eigenvalue weighted by molar-refractivity contribution is 5.85. The number of hydrogen-bond donors (Lipinski definition) is 1. The molecule has 0 saturated heterocycles. The van der Waals surface area contributed by atoms with Crippen molar-refractivity contribution in [3.05, 3.63) is 60.0 Å². The molecule has 0 heterocycles. The number of rotatable bonds is 4. The van der Waals surface area contributed by atoms with Crippen LogP contribution in [0.1, 0.15) is 35.9 Å². The summed E-state index contributed by atoms with van der Waals surface area (Å²) in [7, 11) is 0. The van der Waals surface area contributed by atoms with Crippen molar-refractivity contribution in [2.75, 3.05) is 6.54 Å². The smallest absolute Gasteiger partial charge is 0.0629 e. The Labute approximate surface area is 137 Å². The van der Waals surface area contributed by atoms with Crippen LogP contribution in [0, 0.1) is 17.3 Å². The van der Waals surface area contributed by atoms with Crippen molar-refractivity contribution in [1.82, 2.24) is 5.32 Å². The topological polar surface area (TPSA) is 12.0 Å². The summed E-state index contributed by atoms with van der Waals surface area (Å²) >= 11 is 0. The van der Waals surface area contributed by atoms with Crippen molar-refractivity contribution in [2.24, 2.45) is 5.41 Å². The first-order valence-corrected chi connectivity index (χ1v) is 6.84. The molecule has 0 bridgehead atoms. The van der Waals surface area contributed by atoms with Crippen LogP contribution < -0.4 is 5.32 Å². The summed E-state index contributed by atoms with van der Waals surface area (Å²) in [4.78, 5) is 0. The van der Waals surface area contributed by atoms with Crippen LogP contribution in [-0.2, 0) is 6.54 Å². The van der Waals surface area contributed by atoms with E-state index in [1.807, 2.05) is 26.8 Å². The molecule has 0 fully saturated rings. The molecule has 1 N–H and O–H groups in total. The summed E-state index contributed by atoms with van der Waals surface area (Å²) in [6.07, 6.45) is 3.55. The van der Waals surface area contributed by atoms with E-state index in [0.29, 0.717) is 6.54 Å². The number of hydrogen-bond acceptors (Lipinski definition) is 1. The van der Waals surface area contributed by atoms with E-state index in [-0.39, 0.29) is 58.5 Å². The van der Waals surface area contributed by atoms with Crippen molar-refractivity contribution in [3.63, 3.8) is 0 Å². The Kier molecular flexibility index (Phi) is 2.85. The molecule has 2 rings (SSSR count). The second kappa shape index (κ2) is 7.11. The van der Waals surface area contributed by atoms with Gasteiger partial charge < -0.3 is 5.32 Å². The molecule has 108 valence electrons. The Morgan fingerprint density at radius 2 is 1.90 bits per heavy atom. The number of fused-ring (bicyclic) bond motifs is 1. The van der Waals surface area contributed by atoms with Gasteiger partial charge in [0.25, 0.3) is 0 Å². The van der Waals surface area contributed by atoms with Crippen LogP contribution in [0.25, 0.3) is 10.8 Å². The van der Waals surface area contributed by atoms with Crippen molar-refractivity contribution >= 4 is 10.8 Å². The molecule has 0 atom stereocenters. The molecule has 0 aliphatic heterocycles. The summed E-state index contributed by atoms with van der Waals surface area (Å²) in [5.74, 6) is 6.03. The van der Waals surface area contributed by atoms with Gasteiger partial charge in [0.05, 0.1) is 9.60 Å². The van der Waals surface area contributed by atoms with Crippen LogP contribution in [0.4, 0.5) is 0 Å². The largest absolute Gasteiger partial charge is 0.309 e. The first-order valence-electron chi connectivity index (χ1n) is 10.3. The highest BCUT2D eigenvalue weighted by Gasteiger charge is 2.02. The molecule has 21 heavy (non-hydrogen) atoms. The molecule has 2 aromatic carbocycles. The van der Waals surface area contributed by atoms with Gasteiger partial charge >= 0.3 is 0 Å². The molecule has 1 nitrogen and oxygen atoms in total. The van der Waals surface area contributed by atoms with Crippen molar-refractivity contribution in [2.45, 2.75) is 27.3 Å². The van der Waals surface area contributed by atoms with Crippen molar-refractivity contribution in [3.8, 4) is 11.8 Å². The Morgan fingerprint density at radius 3 is 2.71 bits per heavy atom. The Morgan fingerprint density at radius 1 is 1.14 bits per heavy atom. The predicted molar refractivity (Wildman–Crippen MR) is 92.0 cm³/mol. The van der Waals surface area contributed by atoms with Crippen LogP contribution >= 0.6 is 0 Å². The molecule has 0 saturated carbocycles. The number of benzene rings is 2. The average molecular weight is 284 g/mol. The van der Waals surface area contributed by atoms with Crippen molar-refractivity contribution in [1.29, 1.82) is 0 Å². The monoisotopic (exact) mass is 284 g/mol. The van der Waals surface area contributed by atoms with E-state index < -0.39 is 12.1 Å². The van der Waals surface area contributed by atoms with Gasteiger partial charge in [0.1, 0.15) is 0 Å². The van der Waals surface area contributed by atoms with Gasteiger partial charge in [-0.3, -0.25) is 0 Å². The minimum atomic E-state index is -0.442. The lowest BCUT2D eigenvalue weighted by Gasteiger charge is -2.07. The SMILES string of the molecule is [2H]c1c([2H])c([2H])c2c(CNC/C=C/C#CC(C)(C)C)c([2H])c([2H])c([2H])c2c1[2H]. The molecule has 0 aromatic heterocycles. The zero-order chi connectivity index (χ0) is 21.2.